The lowest BCUT2D eigenvalue weighted by Gasteiger charge is -2.17. The molecule has 0 radical (unpaired) electrons. The SMILES string of the molecule is CN1C(=O)[C@H]2CN(Cc3ccc(CN4CCCC4)s3)C[C@H]2C1=O. The second kappa shape index (κ2) is 6.00. The molecule has 6 heteroatoms. The van der Waals surface area contributed by atoms with E-state index in [2.05, 4.69) is 21.9 Å². The minimum Gasteiger partial charge on any atom is -0.298 e. The Kier molecular flexibility index (Phi) is 3.99. The number of amides is 2. The molecule has 1 aromatic heterocycles. The molecule has 5 nitrogen and oxygen atoms in total. The number of nitrogens with zero attached hydrogens (tertiary/aromatic N) is 3. The quantitative estimate of drug-likeness (QED) is 0.781. The molecule has 4 rings (SSSR count). The van der Waals surface area contributed by atoms with E-state index in [1.54, 1.807) is 7.05 Å². The van der Waals surface area contributed by atoms with Crippen molar-refractivity contribution in [3.05, 3.63) is 21.9 Å². The van der Waals surface area contributed by atoms with E-state index < -0.39 is 0 Å². The van der Waals surface area contributed by atoms with Crippen molar-refractivity contribution in [3.8, 4) is 0 Å². The highest BCUT2D eigenvalue weighted by atomic mass is 32.1. The lowest BCUT2D eigenvalue weighted by atomic mass is 10.00. The summed E-state index contributed by atoms with van der Waals surface area (Å²) in [6, 6.07) is 4.44. The van der Waals surface area contributed by atoms with E-state index in [0.717, 1.165) is 26.2 Å². The number of thiophene rings is 1. The number of imide groups is 1. The largest absolute Gasteiger partial charge is 0.298 e. The van der Waals surface area contributed by atoms with E-state index in [4.69, 9.17) is 0 Å². The third-order valence-electron chi connectivity index (χ3n) is 5.37. The fourth-order valence-corrected chi connectivity index (χ4v) is 5.20. The summed E-state index contributed by atoms with van der Waals surface area (Å²) in [6.45, 7) is 5.82. The average molecular weight is 333 g/mol. The molecular weight excluding hydrogens is 310 g/mol. The van der Waals surface area contributed by atoms with Gasteiger partial charge in [-0.15, -0.1) is 11.3 Å². The lowest BCUT2D eigenvalue weighted by molar-refractivity contribution is -0.138. The number of hydrogen-bond acceptors (Lipinski definition) is 5. The first-order valence-corrected chi connectivity index (χ1v) is 9.27. The summed E-state index contributed by atoms with van der Waals surface area (Å²) in [7, 11) is 1.61. The summed E-state index contributed by atoms with van der Waals surface area (Å²) in [5, 5.41) is 0. The Morgan fingerprint density at radius 1 is 0.957 bits per heavy atom. The third-order valence-corrected chi connectivity index (χ3v) is 6.42. The lowest BCUT2D eigenvalue weighted by Crippen LogP contribution is -2.32. The van der Waals surface area contributed by atoms with Gasteiger partial charge in [0.1, 0.15) is 0 Å². The zero-order chi connectivity index (χ0) is 16.0. The maximum atomic E-state index is 12.1. The van der Waals surface area contributed by atoms with Gasteiger partial charge < -0.3 is 0 Å². The predicted octanol–water partition coefficient (Wildman–Crippen LogP) is 1.39. The number of carbonyl (C=O) groups is 2. The van der Waals surface area contributed by atoms with Crippen LogP contribution in [0.3, 0.4) is 0 Å². The van der Waals surface area contributed by atoms with Crippen molar-refractivity contribution >= 4 is 23.2 Å². The zero-order valence-electron chi connectivity index (χ0n) is 13.5. The first-order chi connectivity index (χ1) is 11.1. The van der Waals surface area contributed by atoms with Crippen LogP contribution in [0.15, 0.2) is 12.1 Å². The second-order valence-electron chi connectivity index (χ2n) is 6.99. The summed E-state index contributed by atoms with van der Waals surface area (Å²) < 4.78 is 0. The minimum absolute atomic E-state index is 0.00315. The summed E-state index contributed by atoms with van der Waals surface area (Å²) in [5.41, 5.74) is 0. The normalized spacial score (nSPS) is 29.0. The fraction of sp³-hybridized carbons (Fsp3) is 0.647. The fourth-order valence-electron chi connectivity index (χ4n) is 4.09. The molecule has 4 heterocycles. The highest BCUT2D eigenvalue weighted by molar-refractivity contribution is 7.11. The number of fused-ring (bicyclic) bond motifs is 1. The molecule has 3 fully saturated rings. The minimum atomic E-state index is -0.114. The van der Waals surface area contributed by atoms with Crippen LogP contribution in [0.2, 0.25) is 0 Å². The van der Waals surface area contributed by atoms with Crippen LogP contribution in [0, 0.1) is 11.8 Å². The van der Waals surface area contributed by atoms with E-state index in [-0.39, 0.29) is 23.7 Å². The number of carbonyl (C=O) groups excluding carboxylic acids is 2. The molecule has 0 unspecified atom stereocenters. The molecule has 0 saturated carbocycles. The molecule has 3 aliphatic heterocycles. The molecule has 2 amide bonds. The van der Waals surface area contributed by atoms with E-state index in [1.165, 1.54) is 40.6 Å². The Morgan fingerprint density at radius 3 is 2.04 bits per heavy atom. The molecule has 3 saturated heterocycles. The zero-order valence-corrected chi connectivity index (χ0v) is 14.3. The van der Waals surface area contributed by atoms with E-state index in [0.29, 0.717) is 0 Å². The molecule has 0 spiro atoms. The van der Waals surface area contributed by atoms with Gasteiger partial charge in [-0.2, -0.15) is 0 Å². The molecule has 1 aromatic rings. The summed E-state index contributed by atoms with van der Waals surface area (Å²) >= 11 is 1.87. The van der Waals surface area contributed by atoms with Crippen LogP contribution < -0.4 is 0 Å². The Morgan fingerprint density at radius 2 is 1.48 bits per heavy atom. The average Bonchev–Trinajstić information content (AvgIpc) is 3.29. The first-order valence-electron chi connectivity index (χ1n) is 8.45. The van der Waals surface area contributed by atoms with Crippen molar-refractivity contribution in [2.24, 2.45) is 11.8 Å². The monoisotopic (exact) mass is 333 g/mol. The highest BCUT2D eigenvalue weighted by Crippen LogP contribution is 2.34. The third kappa shape index (κ3) is 2.84. The van der Waals surface area contributed by atoms with Gasteiger partial charge in [-0.1, -0.05) is 0 Å². The van der Waals surface area contributed by atoms with E-state index in [9.17, 15) is 9.59 Å². The van der Waals surface area contributed by atoms with Crippen LogP contribution in [0.4, 0.5) is 0 Å². The molecule has 23 heavy (non-hydrogen) atoms. The van der Waals surface area contributed by atoms with Gasteiger partial charge in [0.2, 0.25) is 11.8 Å². The van der Waals surface area contributed by atoms with Gasteiger partial charge in [-0.25, -0.2) is 0 Å². The van der Waals surface area contributed by atoms with Gasteiger partial charge in [0.05, 0.1) is 11.8 Å². The van der Waals surface area contributed by atoms with Crippen LogP contribution in [0.1, 0.15) is 22.6 Å². The molecule has 0 aliphatic carbocycles. The van der Waals surface area contributed by atoms with Gasteiger partial charge >= 0.3 is 0 Å². The van der Waals surface area contributed by atoms with Crippen molar-refractivity contribution in [2.75, 3.05) is 33.2 Å². The molecule has 0 aromatic carbocycles. The smallest absolute Gasteiger partial charge is 0.234 e. The molecule has 0 N–H and O–H groups in total. The molecule has 3 aliphatic rings. The topological polar surface area (TPSA) is 43.9 Å². The maximum absolute atomic E-state index is 12.1. The van der Waals surface area contributed by atoms with Crippen LogP contribution >= 0.6 is 11.3 Å². The van der Waals surface area contributed by atoms with Crippen LogP contribution in [-0.2, 0) is 22.7 Å². The number of rotatable bonds is 4. The van der Waals surface area contributed by atoms with Gasteiger partial charge in [-0.3, -0.25) is 24.3 Å². The number of hydrogen-bond donors (Lipinski definition) is 0. The Balaban J connectivity index is 1.36. The van der Waals surface area contributed by atoms with Crippen molar-refractivity contribution in [1.82, 2.24) is 14.7 Å². The summed E-state index contributed by atoms with van der Waals surface area (Å²) in [4.78, 5) is 33.0. The Labute approximate surface area is 140 Å². The van der Waals surface area contributed by atoms with E-state index >= 15 is 0 Å². The Hall–Kier alpha value is -1.24. The van der Waals surface area contributed by atoms with Crippen molar-refractivity contribution < 1.29 is 9.59 Å². The van der Waals surface area contributed by atoms with Gasteiger partial charge in [0, 0.05) is 43.0 Å². The summed E-state index contributed by atoms with van der Waals surface area (Å²) in [5.74, 6) is -0.222. The van der Waals surface area contributed by atoms with Crippen molar-refractivity contribution in [1.29, 1.82) is 0 Å². The predicted molar refractivity (Wildman–Crippen MR) is 88.9 cm³/mol. The van der Waals surface area contributed by atoms with Crippen molar-refractivity contribution in [2.45, 2.75) is 25.9 Å². The van der Waals surface area contributed by atoms with Crippen LogP contribution in [0.25, 0.3) is 0 Å². The van der Waals surface area contributed by atoms with Gasteiger partial charge in [-0.05, 0) is 38.1 Å². The van der Waals surface area contributed by atoms with Gasteiger partial charge in [0.15, 0.2) is 0 Å². The summed E-state index contributed by atoms with van der Waals surface area (Å²) in [6.07, 6.45) is 2.65. The second-order valence-corrected chi connectivity index (χ2v) is 8.25. The van der Waals surface area contributed by atoms with Crippen LogP contribution in [0.5, 0.6) is 0 Å². The maximum Gasteiger partial charge on any atom is 0.234 e. The van der Waals surface area contributed by atoms with Crippen molar-refractivity contribution in [3.63, 3.8) is 0 Å². The molecule has 0 bridgehead atoms. The highest BCUT2D eigenvalue weighted by Gasteiger charge is 2.50. The standard InChI is InChI=1S/C17H23N3O2S/c1-18-16(21)14-10-20(11-15(14)17(18)22)9-13-5-4-12(23-13)8-19-6-2-3-7-19/h4-5,14-15H,2-3,6-11H2,1H3/t14-,15+. The molecular formula is C17H23N3O2S. The van der Waals surface area contributed by atoms with Crippen LogP contribution in [-0.4, -0.2) is 59.7 Å². The Bertz CT molecular complexity index is 599. The van der Waals surface area contributed by atoms with E-state index in [1.807, 2.05) is 11.3 Å². The molecule has 124 valence electrons. The van der Waals surface area contributed by atoms with Gasteiger partial charge in [0.25, 0.3) is 0 Å². The number of likely N-dealkylation sites (tertiary alicyclic amines) is 3. The molecule has 2 atom stereocenters. The first kappa shape index (κ1) is 15.3.